The standard InChI is InChI=1S/C18H34N2/c1-5-17(3)13-20(18(4,6-2)12-19-17)11-16-10-14-7-8-15(16)9-14/h14-16,19H,5-13H2,1-4H3. The lowest BCUT2D eigenvalue weighted by atomic mass is 9.82. The first-order valence-electron chi connectivity index (χ1n) is 8.98. The van der Waals surface area contributed by atoms with Crippen LogP contribution in [0, 0.1) is 17.8 Å². The Balaban J connectivity index is 1.70. The molecular formula is C18H34N2. The van der Waals surface area contributed by atoms with Crippen LogP contribution in [0.5, 0.6) is 0 Å². The van der Waals surface area contributed by atoms with Gasteiger partial charge < -0.3 is 5.32 Å². The highest BCUT2D eigenvalue weighted by Crippen LogP contribution is 2.49. The average molecular weight is 278 g/mol. The third-order valence-electron chi connectivity index (χ3n) is 7.08. The summed E-state index contributed by atoms with van der Waals surface area (Å²) < 4.78 is 0. The highest BCUT2D eigenvalue weighted by molar-refractivity contribution is 5.02. The maximum Gasteiger partial charge on any atom is 0.0304 e. The molecule has 2 heteroatoms. The molecule has 116 valence electrons. The normalized spacial score (nSPS) is 48.9. The first-order chi connectivity index (χ1) is 9.48. The Bertz CT molecular complexity index is 355. The second kappa shape index (κ2) is 5.28. The smallest absolute Gasteiger partial charge is 0.0304 e. The maximum atomic E-state index is 3.83. The second-order valence-corrected chi connectivity index (χ2v) is 8.43. The van der Waals surface area contributed by atoms with Crippen LogP contribution in [-0.2, 0) is 0 Å². The van der Waals surface area contributed by atoms with Crippen LogP contribution in [0.4, 0.5) is 0 Å². The van der Waals surface area contributed by atoms with E-state index in [1.54, 1.807) is 6.42 Å². The maximum absolute atomic E-state index is 3.83. The molecule has 20 heavy (non-hydrogen) atoms. The van der Waals surface area contributed by atoms with Gasteiger partial charge in [-0.25, -0.2) is 0 Å². The topological polar surface area (TPSA) is 15.3 Å². The zero-order valence-electron chi connectivity index (χ0n) is 14.0. The van der Waals surface area contributed by atoms with E-state index >= 15 is 0 Å². The van der Waals surface area contributed by atoms with Crippen LogP contribution in [-0.4, -0.2) is 35.6 Å². The number of rotatable bonds is 4. The summed E-state index contributed by atoms with van der Waals surface area (Å²) in [6.07, 6.45) is 8.62. The fraction of sp³-hybridized carbons (Fsp3) is 1.00. The molecule has 0 aromatic carbocycles. The molecule has 1 aliphatic heterocycles. The van der Waals surface area contributed by atoms with Gasteiger partial charge in [-0.1, -0.05) is 20.3 Å². The third-order valence-corrected chi connectivity index (χ3v) is 7.08. The lowest BCUT2D eigenvalue weighted by Crippen LogP contribution is -2.68. The quantitative estimate of drug-likeness (QED) is 0.844. The van der Waals surface area contributed by atoms with E-state index in [9.17, 15) is 0 Å². The molecule has 2 bridgehead atoms. The van der Waals surface area contributed by atoms with E-state index in [1.165, 1.54) is 45.2 Å². The molecule has 2 saturated carbocycles. The van der Waals surface area contributed by atoms with E-state index in [0.717, 1.165) is 24.3 Å². The number of hydrogen-bond donors (Lipinski definition) is 1. The Hall–Kier alpha value is -0.0800. The second-order valence-electron chi connectivity index (χ2n) is 8.43. The Morgan fingerprint density at radius 2 is 1.90 bits per heavy atom. The monoisotopic (exact) mass is 278 g/mol. The summed E-state index contributed by atoms with van der Waals surface area (Å²) >= 11 is 0. The van der Waals surface area contributed by atoms with Gasteiger partial charge in [0.1, 0.15) is 0 Å². The molecule has 5 unspecified atom stereocenters. The molecule has 5 atom stereocenters. The van der Waals surface area contributed by atoms with Crippen molar-refractivity contribution in [1.82, 2.24) is 10.2 Å². The summed E-state index contributed by atoms with van der Waals surface area (Å²) in [4.78, 5) is 2.86. The molecule has 1 saturated heterocycles. The molecule has 3 aliphatic rings. The number of nitrogens with one attached hydrogen (secondary N) is 1. The minimum Gasteiger partial charge on any atom is -0.308 e. The van der Waals surface area contributed by atoms with Crippen molar-refractivity contribution in [3.05, 3.63) is 0 Å². The van der Waals surface area contributed by atoms with Gasteiger partial charge in [0.15, 0.2) is 0 Å². The largest absolute Gasteiger partial charge is 0.308 e. The third kappa shape index (κ3) is 2.54. The average Bonchev–Trinajstić information content (AvgIpc) is 3.06. The Morgan fingerprint density at radius 1 is 1.10 bits per heavy atom. The lowest BCUT2D eigenvalue weighted by Gasteiger charge is -2.53. The van der Waals surface area contributed by atoms with Crippen molar-refractivity contribution in [2.24, 2.45) is 17.8 Å². The van der Waals surface area contributed by atoms with Crippen LogP contribution in [0.1, 0.15) is 66.2 Å². The van der Waals surface area contributed by atoms with E-state index in [4.69, 9.17) is 0 Å². The van der Waals surface area contributed by atoms with Crippen LogP contribution < -0.4 is 5.32 Å². The molecule has 0 amide bonds. The van der Waals surface area contributed by atoms with Crippen molar-refractivity contribution < 1.29 is 0 Å². The summed E-state index contributed by atoms with van der Waals surface area (Å²) in [6.45, 7) is 13.3. The van der Waals surface area contributed by atoms with E-state index in [-0.39, 0.29) is 0 Å². The van der Waals surface area contributed by atoms with E-state index < -0.39 is 0 Å². The van der Waals surface area contributed by atoms with E-state index in [1.807, 2.05) is 0 Å². The molecular weight excluding hydrogens is 244 g/mol. The zero-order chi connectivity index (χ0) is 14.4. The van der Waals surface area contributed by atoms with Gasteiger partial charge in [-0.2, -0.15) is 0 Å². The highest BCUT2D eigenvalue weighted by atomic mass is 15.3. The van der Waals surface area contributed by atoms with Crippen molar-refractivity contribution in [3.63, 3.8) is 0 Å². The van der Waals surface area contributed by atoms with Crippen LogP contribution in [0.2, 0.25) is 0 Å². The van der Waals surface area contributed by atoms with E-state index in [2.05, 4.69) is 37.9 Å². The summed E-state index contributed by atoms with van der Waals surface area (Å²) in [7, 11) is 0. The minimum atomic E-state index is 0.326. The lowest BCUT2D eigenvalue weighted by molar-refractivity contribution is -0.000709. The fourth-order valence-electron chi connectivity index (χ4n) is 4.94. The van der Waals surface area contributed by atoms with Crippen molar-refractivity contribution in [1.29, 1.82) is 0 Å². The fourth-order valence-corrected chi connectivity index (χ4v) is 4.94. The molecule has 0 aromatic heterocycles. The molecule has 3 rings (SSSR count). The molecule has 0 spiro atoms. The Labute approximate surface area is 125 Å². The van der Waals surface area contributed by atoms with Gasteiger partial charge in [0.2, 0.25) is 0 Å². The first-order valence-corrected chi connectivity index (χ1v) is 8.98. The van der Waals surface area contributed by atoms with Crippen molar-refractivity contribution in [3.8, 4) is 0 Å². The Morgan fingerprint density at radius 3 is 2.45 bits per heavy atom. The molecule has 1 heterocycles. The van der Waals surface area contributed by atoms with Crippen LogP contribution in [0.3, 0.4) is 0 Å². The van der Waals surface area contributed by atoms with Crippen molar-refractivity contribution in [2.45, 2.75) is 77.3 Å². The number of fused-ring (bicyclic) bond motifs is 2. The number of nitrogens with zero attached hydrogens (tertiary/aromatic N) is 1. The van der Waals surface area contributed by atoms with Gasteiger partial charge >= 0.3 is 0 Å². The predicted octanol–water partition coefficient (Wildman–Crippen LogP) is 3.67. The van der Waals surface area contributed by atoms with Gasteiger partial charge in [-0.15, -0.1) is 0 Å². The van der Waals surface area contributed by atoms with Gasteiger partial charge in [-0.3, -0.25) is 4.90 Å². The van der Waals surface area contributed by atoms with Gasteiger partial charge in [0.25, 0.3) is 0 Å². The SMILES string of the molecule is CCC1(C)CN(CC2CC3CCC2C3)C(C)(CC)CN1. The van der Waals surface area contributed by atoms with Gasteiger partial charge in [0, 0.05) is 30.7 Å². The molecule has 3 fully saturated rings. The van der Waals surface area contributed by atoms with Crippen LogP contribution in [0.25, 0.3) is 0 Å². The molecule has 0 radical (unpaired) electrons. The highest BCUT2D eigenvalue weighted by Gasteiger charge is 2.45. The zero-order valence-corrected chi connectivity index (χ0v) is 14.0. The molecule has 0 aromatic rings. The summed E-state index contributed by atoms with van der Waals surface area (Å²) in [6, 6.07) is 0. The van der Waals surface area contributed by atoms with Crippen molar-refractivity contribution >= 4 is 0 Å². The Kier molecular flexibility index (Phi) is 3.92. The summed E-state index contributed by atoms with van der Waals surface area (Å²) in [5.74, 6) is 3.14. The molecule has 1 N–H and O–H groups in total. The first kappa shape index (κ1) is 14.8. The van der Waals surface area contributed by atoms with Gasteiger partial charge in [0.05, 0.1) is 0 Å². The summed E-state index contributed by atoms with van der Waals surface area (Å²) in [5.41, 5.74) is 0.697. The number of hydrogen-bond acceptors (Lipinski definition) is 2. The summed E-state index contributed by atoms with van der Waals surface area (Å²) in [5, 5.41) is 3.83. The predicted molar refractivity (Wildman–Crippen MR) is 85.9 cm³/mol. The van der Waals surface area contributed by atoms with E-state index in [0.29, 0.717) is 11.1 Å². The van der Waals surface area contributed by atoms with Crippen molar-refractivity contribution in [2.75, 3.05) is 19.6 Å². The molecule has 2 nitrogen and oxygen atoms in total. The number of piperazine rings is 1. The van der Waals surface area contributed by atoms with Crippen LogP contribution >= 0.6 is 0 Å². The molecule has 2 aliphatic carbocycles. The van der Waals surface area contributed by atoms with Crippen LogP contribution in [0.15, 0.2) is 0 Å². The minimum absolute atomic E-state index is 0.326. The van der Waals surface area contributed by atoms with Gasteiger partial charge in [-0.05, 0) is 63.7 Å².